The predicted molar refractivity (Wildman–Crippen MR) is 83.9 cm³/mol. The average molecular weight is 279 g/mol. The molecule has 0 bridgehead atoms. The first-order valence-corrected chi connectivity index (χ1v) is 7.50. The Balaban J connectivity index is 1.82. The van der Waals surface area contributed by atoms with Crippen LogP contribution in [0, 0.1) is 5.92 Å². The number of nitrogens with one attached hydrogen (secondary N) is 1. The number of hydrogen-bond donors (Lipinski definition) is 1. The van der Waals surface area contributed by atoms with Crippen LogP contribution >= 0.6 is 11.6 Å². The molecule has 19 heavy (non-hydrogen) atoms. The van der Waals surface area contributed by atoms with E-state index in [0.29, 0.717) is 0 Å². The Morgan fingerprint density at radius 3 is 2.84 bits per heavy atom. The highest BCUT2D eigenvalue weighted by molar-refractivity contribution is 6.35. The highest BCUT2D eigenvalue weighted by Crippen LogP contribution is 2.24. The van der Waals surface area contributed by atoms with Gasteiger partial charge in [0.05, 0.1) is 10.5 Å². The zero-order chi connectivity index (χ0) is 13.7. The summed E-state index contributed by atoms with van der Waals surface area (Å²) in [5.41, 5.74) is 1.15. The molecule has 0 saturated carbocycles. The van der Waals surface area contributed by atoms with Crippen LogP contribution in [0.3, 0.4) is 0 Å². The van der Waals surface area contributed by atoms with E-state index < -0.39 is 0 Å². The molecule has 0 radical (unpaired) electrons. The normalized spacial score (nSPS) is 11.6. The summed E-state index contributed by atoms with van der Waals surface area (Å²) in [6.07, 6.45) is 4.67. The first-order valence-electron chi connectivity index (χ1n) is 7.12. The first kappa shape index (κ1) is 14.4. The van der Waals surface area contributed by atoms with Crippen molar-refractivity contribution < 1.29 is 0 Å². The van der Waals surface area contributed by atoms with Crippen LogP contribution in [0.1, 0.15) is 26.7 Å². The zero-order valence-electron chi connectivity index (χ0n) is 11.8. The van der Waals surface area contributed by atoms with E-state index in [2.05, 4.69) is 42.1 Å². The Labute approximate surface area is 120 Å². The molecule has 104 valence electrons. The van der Waals surface area contributed by atoms with Crippen LogP contribution in [0.2, 0.25) is 5.02 Å². The van der Waals surface area contributed by atoms with Crippen molar-refractivity contribution in [1.82, 2.24) is 9.88 Å². The van der Waals surface area contributed by atoms with Crippen LogP contribution in [0.5, 0.6) is 0 Å². The molecule has 1 N–H and O–H groups in total. The molecule has 0 spiro atoms. The Kier molecular flexibility index (Phi) is 5.29. The molecule has 0 amide bonds. The van der Waals surface area contributed by atoms with Gasteiger partial charge in [-0.15, -0.1) is 0 Å². The van der Waals surface area contributed by atoms with Gasteiger partial charge in [0, 0.05) is 24.7 Å². The van der Waals surface area contributed by atoms with Gasteiger partial charge >= 0.3 is 0 Å². The van der Waals surface area contributed by atoms with Gasteiger partial charge in [-0.1, -0.05) is 37.6 Å². The van der Waals surface area contributed by atoms with Crippen molar-refractivity contribution in [2.45, 2.75) is 33.2 Å². The molecule has 2 rings (SSSR count). The second kappa shape index (κ2) is 6.97. The number of hydrogen-bond acceptors (Lipinski definition) is 1. The van der Waals surface area contributed by atoms with Gasteiger partial charge in [0.1, 0.15) is 0 Å². The number of halogens is 1. The third-order valence-corrected chi connectivity index (χ3v) is 3.71. The summed E-state index contributed by atoms with van der Waals surface area (Å²) in [7, 11) is 0. The monoisotopic (exact) mass is 278 g/mol. The standard InChI is InChI=1S/C16H23ClN2/c1-13(2)5-4-9-18-10-12-19-11-8-14-6-3-7-15(17)16(14)19/h3,6-8,11,13,18H,4-5,9-10,12H2,1-2H3. The lowest BCUT2D eigenvalue weighted by Crippen LogP contribution is -2.21. The highest BCUT2D eigenvalue weighted by atomic mass is 35.5. The summed E-state index contributed by atoms with van der Waals surface area (Å²) in [6.45, 7) is 7.61. The number of fused-ring (bicyclic) bond motifs is 1. The molecule has 1 heterocycles. The minimum atomic E-state index is 0.800. The van der Waals surface area contributed by atoms with Gasteiger partial charge in [-0.2, -0.15) is 0 Å². The maximum atomic E-state index is 6.26. The molecule has 2 nitrogen and oxygen atoms in total. The minimum absolute atomic E-state index is 0.800. The third kappa shape index (κ3) is 3.99. The van der Waals surface area contributed by atoms with E-state index in [-0.39, 0.29) is 0 Å². The van der Waals surface area contributed by atoms with Crippen LogP contribution in [0.25, 0.3) is 10.9 Å². The van der Waals surface area contributed by atoms with E-state index in [1.54, 1.807) is 0 Å². The first-order chi connectivity index (χ1) is 9.18. The third-order valence-electron chi connectivity index (χ3n) is 3.40. The molecule has 1 aromatic heterocycles. The van der Waals surface area contributed by atoms with Gasteiger partial charge in [0.2, 0.25) is 0 Å². The van der Waals surface area contributed by atoms with Crippen LogP contribution in [0.15, 0.2) is 30.5 Å². The van der Waals surface area contributed by atoms with E-state index in [4.69, 9.17) is 11.6 Å². The van der Waals surface area contributed by atoms with Gasteiger partial charge in [0.25, 0.3) is 0 Å². The second-order valence-electron chi connectivity index (χ2n) is 5.47. The largest absolute Gasteiger partial charge is 0.345 e. The summed E-state index contributed by atoms with van der Waals surface area (Å²) in [4.78, 5) is 0. The van der Waals surface area contributed by atoms with E-state index in [1.165, 1.54) is 18.2 Å². The smallest absolute Gasteiger partial charge is 0.0670 e. The maximum Gasteiger partial charge on any atom is 0.0670 e. The van der Waals surface area contributed by atoms with Crippen LogP contribution in [-0.2, 0) is 6.54 Å². The van der Waals surface area contributed by atoms with Gasteiger partial charge in [-0.3, -0.25) is 0 Å². The predicted octanol–water partition coefficient (Wildman–Crippen LogP) is 4.32. The molecular weight excluding hydrogens is 256 g/mol. The second-order valence-corrected chi connectivity index (χ2v) is 5.88. The van der Waals surface area contributed by atoms with Crippen molar-refractivity contribution in [3.8, 4) is 0 Å². The Morgan fingerprint density at radius 2 is 2.05 bits per heavy atom. The highest BCUT2D eigenvalue weighted by Gasteiger charge is 2.04. The number of nitrogens with zero attached hydrogens (tertiary/aromatic N) is 1. The lowest BCUT2D eigenvalue weighted by Gasteiger charge is -2.09. The van der Waals surface area contributed by atoms with E-state index in [9.17, 15) is 0 Å². The van der Waals surface area contributed by atoms with E-state index in [1.807, 2.05) is 12.1 Å². The summed E-state index contributed by atoms with van der Waals surface area (Å²) >= 11 is 6.26. The SMILES string of the molecule is CC(C)CCCNCCn1ccc2cccc(Cl)c21. The molecule has 0 saturated heterocycles. The van der Waals surface area contributed by atoms with Crippen LogP contribution < -0.4 is 5.32 Å². The Hall–Kier alpha value is -0.990. The van der Waals surface area contributed by atoms with Crippen molar-refractivity contribution in [1.29, 1.82) is 0 Å². The van der Waals surface area contributed by atoms with Gasteiger partial charge in [0.15, 0.2) is 0 Å². The number of benzene rings is 1. The molecule has 2 aromatic rings. The van der Waals surface area contributed by atoms with Gasteiger partial charge in [-0.05, 0) is 37.4 Å². The molecule has 0 aliphatic carbocycles. The summed E-state index contributed by atoms with van der Waals surface area (Å²) in [5.74, 6) is 0.800. The summed E-state index contributed by atoms with van der Waals surface area (Å²) < 4.78 is 2.23. The molecule has 0 atom stereocenters. The van der Waals surface area contributed by atoms with Crippen LogP contribution in [0.4, 0.5) is 0 Å². The van der Waals surface area contributed by atoms with E-state index in [0.717, 1.165) is 36.1 Å². The lowest BCUT2D eigenvalue weighted by molar-refractivity contribution is 0.517. The number of rotatable bonds is 7. The minimum Gasteiger partial charge on any atom is -0.345 e. The molecule has 3 heteroatoms. The fraction of sp³-hybridized carbons (Fsp3) is 0.500. The zero-order valence-corrected chi connectivity index (χ0v) is 12.6. The molecule has 0 aliphatic heterocycles. The molecule has 1 aromatic carbocycles. The lowest BCUT2D eigenvalue weighted by atomic mass is 10.1. The Bertz CT molecular complexity index is 516. The molecule has 0 unspecified atom stereocenters. The molecular formula is C16H23ClN2. The summed E-state index contributed by atoms with van der Waals surface area (Å²) in [6, 6.07) is 8.18. The van der Waals surface area contributed by atoms with Crippen LogP contribution in [-0.4, -0.2) is 17.7 Å². The van der Waals surface area contributed by atoms with Crippen molar-refractivity contribution in [3.05, 3.63) is 35.5 Å². The molecule has 0 aliphatic rings. The van der Waals surface area contributed by atoms with Crippen molar-refractivity contribution in [3.63, 3.8) is 0 Å². The molecule has 0 fully saturated rings. The average Bonchev–Trinajstić information content (AvgIpc) is 2.78. The summed E-state index contributed by atoms with van der Waals surface area (Å²) in [5, 5.41) is 5.55. The van der Waals surface area contributed by atoms with Gasteiger partial charge in [-0.25, -0.2) is 0 Å². The fourth-order valence-corrected chi connectivity index (χ4v) is 2.65. The fourth-order valence-electron chi connectivity index (χ4n) is 2.36. The van der Waals surface area contributed by atoms with Crippen molar-refractivity contribution >= 4 is 22.5 Å². The number of para-hydroxylation sites is 1. The number of aromatic nitrogens is 1. The van der Waals surface area contributed by atoms with Crippen molar-refractivity contribution in [2.24, 2.45) is 5.92 Å². The van der Waals surface area contributed by atoms with E-state index >= 15 is 0 Å². The maximum absolute atomic E-state index is 6.26. The van der Waals surface area contributed by atoms with Gasteiger partial charge < -0.3 is 9.88 Å². The topological polar surface area (TPSA) is 17.0 Å². The Morgan fingerprint density at radius 1 is 1.21 bits per heavy atom. The van der Waals surface area contributed by atoms with Crippen molar-refractivity contribution in [2.75, 3.05) is 13.1 Å². The quantitative estimate of drug-likeness (QED) is 0.747.